The first-order valence-electron chi connectivity index (χ1n) is 6.45. The van der Waals surface area contributed by atoms with Gasteiger partial charge >= 0.3 is 0 Å². The van der Waals surface area contributed by atoms with Crippen LogP contribution in [0.25, 0.3) is 0 Å². The molecule has 2 aromatic rings. The molecule has 0 unspecified atom stereocenters. The van der Waals surface area contributed by atoms with Crippen LogP contribution >= 0.6 is 11.6 Å². The lowest BCUT2D eigenvalue weighted by Gasteiger charge is -2.18. The van der Waals surface area contributed by atoms with E-state index in [1.54, 1.807) is 36.4 Å². The zero-order valence-corrected chi connectivity index (χ0v) is 12.2. The minimum Gasteiger partial charge on any atom is -0.341 e. The van der Waals surface area contributed by atoms with Crippen molar-refractivity contribution in [2.24, 2.45) is 0 Å². The Labute approximate surface area is 128 Å². The van der Waals surface area contributed by atoms with Gasteiger partial charge in [-0.15, -0.1) is 0 Å². The van der Waals surface area contributed by atoms with Crippen LogP contribution in [0.4, 0.5) is 5.69 Å². The van der Waals surface area contributed by atoms with Gasteiger partial charge in [0.2, 0.25) is 5.91 Å². The minimum absolute atomic E-state index is 0.273. The molecule has 21 heavy (non-hydrogen) atoms. The Morgan fingerprint density at radius 3 is 2.38 bits per heavy atom. The molecule has 0 aliphatic rings. The Morgan fingerprint density at radius 1 is 1.05 bits per heavy atom. The first-order valence-corrected chi connectivity index (χ1v) is 6.82. The van der Waals surface area contributed by atoms with Crippen LogP contribution < -0.4 is 10.6 Å². The molecule has 0 saturated carbocycles. The van der Waals surface area contributed by atoms with E-state index in [9.17, 15) is 9.59 Å². The van der Waals surface area contributed by atoms with Crippen molar-refractivity contribution >= 4 is 29.1 Å². The molecule has 0 bridgehead atoms. The van der Waals surface area contributed by atoms with Crippen LogP contribution in [-0.4, -0.2) is 11.8 Å². The van der Waals surface area contributed by atoms with Gasteiger partial charge in [0.15, 0.2) is 0 Å². The number of hydrogen-bond donors (Lipinski definition) is 2. The van der Waals surface area contributed by atoms with Crippen molar-refractivity contribution in [1.29, 1.82) is 0 Å². The summed E-state index contributed by atoms with van der Waals surface area (Å²) in [6.07, 6.45) is 0. The van der Waals surface area contributed by atoms with Crippen LogP contribution in [0.15, 0.2) is 54.6 Å². The van der Waals surface area contributed by atoms with E-state index in [1.165, 1.54) is 6.92 Å². The number of rotatable bonds is 4. The highest BCUT2D eigenvalue weighted by atomic mass is 35.5. The lowest BCUT2D eigenvalue weighted by molar-refractivity contribution is -0.125. The van der Waals surface area contributed by atoms with Crippen molar-refractivity contribution in [1.82, 2.24) is 5.32 Å². The third kappa shape index (κ3) is 4.33. The van der Waals surface area contributed by atoms with E-state index in [4.69, 9.17) is 11.6 Å². The molecule has 0 spiro atoms. The molecule has 2 N–H and O–H groups in total. The van der Waals surface area contributed by atoms with Gasteiger partial charge in [-0.1, -0.05) is 48.0 Å². The third-order valence-corrected chi connectivity index (χ3v) is 3.07. The van der Waals surface area contributed by atoms with E-state index in [0.29, 0.717) is 16.3 Å². The summed E-state index contributed by atoms with van der Waals surface area (Å²) in [6, 6.07) is 15.2. The van der Waals surface area contributed by atoms with Gasteiger partial charge in [-0.3, -0.25) is 9.59 Å². The maximum Gasteiger partial charge on any atom is 0.251 e. The second-order valence-electron chi connectivity index (χ2n) is 4.54. The maximum absolute atomic E-state index is 12.4. The van der Waals surface area contributed by atoms with Gasteiger partial charge in [0.25, 0.3) is 5.91 Å². The van der Waals surface area contributed by atoms with Crippen LogP contribution in [0.3, 0.4) is 0 Å². The zero-order valence-electron chi connectivity index (χ0n) is 11.5. The monoisotopic (exact) mass is 302 g/mol. The molecule has 0 radical (unpaired) electrons. The standard InChI is InChI=1S/C16H15ClN2O2/c1-11(20)18-15(12-6-3-2-4-7-12)16(21)19-14-9-5-8-13(17)10-14/h2-10,15H,1H3,(H,18,20)(H,19,21)/t15-/m1/s1. The van der Waals surface area contributed by atoms with E-state index in [-0.39, 0.29) is 11.8 Å². The molecule has 2 aromatic carbocycles. The molecule has 5 heteroatoms. The average Bonchev–Trinajstić information content (AvgIpc) is 2.45. The Bertz CT molecular complexity index is 644. The number of carbonyl (C=O) groups excluding carboxylic acids is 2. The molecule has 1 atom stereocenters. The van der Waals surface area contributed by atoms with Crippen molar-refractivity contribution in [3.63, 3.8) is 0 Å². The summed E-state index contributed by atoms with van der Waals surface area (Å²) >= 11 is 5.89. The van der Waals surface area contributed by atoms with Crippen molar-refractivity contribution < 1.29 is 9.59 Å². The Hall–Kier alpha value is -2.33. The van der Waals surface area contributed by atoms with Crippen LogP contribution in [0.1, 0.15) is 18.5 Å². The lowest BCUT2D eigenvalue weighted by Crippen LogP contribution is -2.35. The summed E-state index contributed by atoms with van der Waals surface area (Å²) in [4.78, 5) is 23.7. The normalized spacial score (nSPS) is 11.5. The highest BCUT2D eigenvalue weighted by Gasteiger charge is 2.21. The van der Waals surface area contributed by atoms with Gasteiger partial charge in [-0.05, 0) is 23.8 Å². The summed E-state index contributed by atoms with van der Waals surface area (Å²) in [5.74, 6) is -0.594. The van der Waals surface area contributed by atoms with E-state index >= 15 is 0 Å². The Morgan fingerprint density at radius 2 is 1.76 bits per heavy atom. The van der Waals surface area contributed by atoms with E-state index in [2.05, 4.69) is 10.6 Å². The first-order chi connectivity index (χ1) is 10.1. The number of anilines is 1. The fourth-order valence-corrected chi connectivity index (χ4v) is 2.12. The summed E-state index contributed by atoms with van der Waals surface area (Å²) in [5.41, 5.74) is 1.30. The number of carbonyl (C=O) groups is 2. The number of nitrogens with one attached hydrogen (secondary N) is 2. The molecule has 0 aliphatic heterocycles. The molecule has 0 aromatic heterocycles. The van der Waals surface area contributed by atoms with Crippen molar-refractivity contribution in [2.75, 3.05) is 5.32 Å². The number of amides is 2. The number of benzene rings is 2. The average molecular weight is 303 g/mol. The van der Waals surface area contributed by atoms with Gasteiger partial charge in [0.1, 0.15) is 6.04 Å². The highest BCUT2D eigenvalue weighted by Crippen LogP contribution is 2.18. The Balaban J connectivity index is 2.20. The summed E-state index contributed by atoms with van der Waals surface area (Å²) in [7, 11) is 0. The molecule has 4 nitrogen and oxygen atoms in total. The summed E-state index contributed by atoms with van der Waals surface area (Å²) in [6.45, 7) is 1.38. The van der Waals surface area contributed by atoms with E-state index in [0.717, 1.165) is 0 Å². The minimum atomic E-state index is -0.748. The molecule has 2 amide bonds. The van der Waals surface area contributed by atoms with Crippen LogP contribution in [-0.2, 0) is 9.59 Å². The van der Waals surface area contributed by atoms with Gasteiger partial charge in [0.05, 0.1) is 0 Å². The second-order valence-corrected chi connectivity index (χ2v) is 4.98. The first kappa shape index (κ1) is 15.1. The fraction of sp³-hybridized carbons (Fsp3) is 0.125. The van der Waals surface area contributed by atoms with Crippen molar-refractivity contribution in [3.05, 3.63) is 65.2 Å². The number of hydrogen-bond acceptors (Lipinski definition) is 2. The third-order valence-electron chi connectivity index (χ3n) is 2.83. The number of halogens is 1. The topological polar surface area (TPSA) is 58.2 Å². The van der Waals surface area contributed by atoms with Gasteiger partial charge in [0, 0.05) is 17.6 Å². The van der Waals surface area contributed by atoms with Gasteiger partial charge < -0.3 is 10.6 Å². The van der Waals surface area contributed by atoms with Crippen LogP contribution in [0, 0.1) is 0 Å². The molecular weight excluding hydrogens is 288 g/mol. The second kappa shape index (κ2) is 6.90. The molecule has 0 fully saturated rings. The predicted octanol–water partition coefficient (Wildman–Crippen LogP) is 3.16. The van der Waals surface area contributed by atoms with Crippen LogP contribution in [0.2, 0.25) is 5.02 Å². The highest BCUT2D eigenvalue weighted by molar-refractivity contribution is 6.30. The maximum atomic E-state index is 12.4. The SMILES string of the molecule is CC(=O)N[C@@H](C(=O)Nc1cccc(Cl)c1)c1ccccc1. The molecule has 108 valence electrons. The Kier molecular flexibility index (Phi) is 4.95. The fourth-order valence-electron chi connectivity index (χ4n) is 1.93. The molecule has 0 saturated heterocycles. The largest absolute Gasteiger partial charge is 0.341 e. The lowest BCUT2D eigenvalue weighted by atomic mass is 10.1. The van der Waals surface area contributed by atoms with Crippen molar-refractivity contribution in [2.45, 2.75) is 13.0 Å². The summed E-state index contributed by atoms with van der Waals surface area (Å²) in [5, 5.41) is 5.93. The van der Waals surface area contributed by atoms with E-state index < -0.39 is 6.04 Å². The van der Waals surface area contributed by atoms with Crippen molar-refractivity contribution in [3.8, 4) is 0 Å². The van der Waals surface area contributed by atoms with Gasteiger partial charge in [-0.25, -0.2) is 0 Å². The molecule has 0 aliphatic carbocycles. The summed E-state index contributed by atoms with van der Waals surface area (Å²) < 4.78 is 0. The smallest absolute Gasteiger partial charge is 0.251 e. The quantitative estimate of drug-likeness (QED) is 0.911. The van der Waals surface area contributed by atoms with Gasteiger partial charge in [-0.2, -0.15) is 0 Å². The molecular formula is C16H15ClN2O2. The van der Waals surface area contributed by atoms with E-state index in [1.807, 2.05) is 18.2 Å². The molecule has 2 rings (SSSR count). The predicted molar refractivity (Wildman–Crippen MR) is 83.1 cm³/mol. The van der Waals surface area contributed by atoms with Crippen LogP contribution in [0.5, 0.6) is 0 Å². The zero-order chi connectivity index (χ0) is 15.2. The molecule has 0 heterocycles.